The first-order valence-electron chi connectivity index (χ1n) is 4.74. The average Bonchev–Trinajstić information content (AvgIpc) is 2.20. The van der Waals surface area contributed by atoms with E-state index >= 15 is 0 Å². The van der Waals surface area contributed by atoms with Gasteiger partial charge < -0.3 is 4.74 Å². The highest BCUT2D eigenvalue weighted by molar-refractivity contribution is 9.10. The predicted molar refractivity (Wildman–Crippen MR) is 57.2 cm³/mol. The second kappa shape index (κ2) is 4.33. The zero-order valence-corrected chi connectivity index (χ0v) is 9.79. The molecule has 16 heavy (non-hydrogen) atoms. The molecule has 1 aromatic carbocycles. The lowest BCUT2D eigenvalue weighted by Gasteiger charge is -2.20. The van der Waals surface area contributed by atoms with Crippen LogP contribution in [0.15, 0.2) is 22.7 Å². The smallest absolute Gasteiger partial charge is 0.314 e. The third-order valence-corrected chi connectivity index (χ3v) is 3.08. The molecule has 0 unspecified atom stereocenters. The van der Waals surface area contributed by atoms with Crippen molar-refractivity contribution in [1.82, 2.24) is 0 Å². The molecule has 1 aliphatic rings. The van der Waals surface area contributed by atoms with Crippen molar-refractivity contribution in [3.05, 3.63) is 34.1 Å². The maximum atomic E-state index is 13.0. The maximum absolute atomic E-state index is 13.0. The molecule has 0 amide bonds. The van der Waals surface area contributed by atoms with Crippen LogP contribution in [0.2, 0.25) is 0 Å². The van der Waals surface area contributed by atoms with Crippen molar-refractivity contribution in [2.24, 2.45) is 0 Å². The van der Waals surface area contributed by atoms with Crippen molar-refractivity contribution < 1.29 is 18.7 Å². The lowest BCUT2D eigenvalue weighted by atomic mass is 9.91. The summed E-state index contributed by atoms with van der Waals surface area (Å²) in [6.45, 7) is 0. The number of hydrogen-bond acceptors (Lipinski definition) is 3. The lowest BCUT2D eigenvalue weighted by molar-refractivity contribution is -0.163. The first-order chi connectivity index (χ1) is 7.56. The molecule has 0 N–H and O–H groups in total. The van der Waals surface area contributed by atoms with Crippen LogP contribution in [0.4, 0.5) is 4.39 Å². The normalized spacial score (nSPS) is 17.4. The molecule has 1 aromatic rings. The van der Waals surface area contributed by atoms with Gasteiger partial charge in [-0.25, -0.2) is 4.39 Å². The van der Waals surface area contributed by atoms with E-state index in [0.29, 0.717) is 4.47 Å². The summed E-state index contributed by atoms with van der Waals surface area (Å²) in [6, 6.07) is 4.48. The van der Waals surface area contributed by atoms with Crippen molar-refractivity contribution in [3.63, 3.8) is 0 Å². The standard InChI is InChI=1S/C11H8BrFO3/c12-8-3-6(1-2-9(8)13)7-4-10(14)16-11(15)5-7/h1-3,7H,4-5H2. The first kappa shape index (κ1) is 11.3. The summed E-state index contributed by atoms with van der Waals surface area (Å²) in [5, 5.41) is 0. The van der Waals surface area contributed by atoms with Crippen molar-refractivity contribution in [2.45, 2.75) is 18.8 Å². The Balaban J connectivity index is 2.26. The van der Waals surface area contributed by atoms with E-state index in [2.05, 4.69) is 20.7 Å². The van der Waals surface area contributed by atoms with Crippen LogP contribution in [0, 0.1) is 5.82 Å². The Bertz CT molecular complexity index is 443. The van der Waals surface area contributed by atoms with Crippen molar-refractivity contribution >= 4 is 27.9 Å². The lowest BCUT2D eigenvalue weighted by Crippen LogP contribution is -2.24. The zero-order chi connectivity index (χ0) is 11.7. The molecule has 0 spiro atoms. The van der Waals surface area contributed by atoms with E-state index < -0.39 is 11.9 Å². The highest BCUT2D eigenvalue weighted by Crippen LogP contribution is 2.30. The fourth-order valence-electron chi connectivity index (χ4n) is 1.69. The third kappa shape index (κ3) is 2.29. The summed E-state index contributed by atoms with van der Waals surface area (Å²) >= 11 is 3.07. The zero-order valence-electron chi connectivity index (χ0n) is 8.20. The van der Waals surface area contributed by atoms with Crippen LogP contribution in [-0.2, 0) is 14.3 Å². The summed E-state index contributed by atoms with van der Waals surface area (Å²) in [6.07, 6.45) is 0.313. The molecule has 0 aliphatic carbocycles. The maximum Gasteiger partial charge on any atom is 0.314 e. The van der Waals surface area contributed by atoms with Crippen LogP contribution < -0.4 is 0 Å². The molecule has 1 saturated heterocycles. The molecule has 0 bridgehead atoms. The summed E-state index contributed by atoms with van der Waals surface area (Å²) in [7, 11) is 0. The number of halogens is 2. The molecular weight excluding hydrogens is 279 g/mol. The van der Waals surface area contributed by atoms with Crippen molar-refractivity contribution in [3.8, 4) is 0 Å². The minimum Gasteiger partial charge on any atom is -0.393 e. The number of ether oxygens (including phenoxy) is 1. The molecule has 1 aliphatic heterocycles. The van der Waals surface area contributed by atoms with Crippen molar-refractivity contribution in [1.29, 1.82) is 0 Å². The van der Waals surface area contributed by atoms with Gasteiger partial charge in [0.2, 0.25) is 0 Å². The average molecular weight is 287 g/mol. The van der Waals surface area contributed by atoms with E-state index in [4.69, 9.17) is 0 Å². The summed E-state index contributed by atoms with van der Waals surface area (Å²) < 4.78 is 17.8. The fourth-order valence-corrected chi connectivity index (χ4v) is 2.08. The van der Waals surface area contributed by atoms with Gasteiger partial charge in [-0.15, -0.1) is 0 Å². The number of hydrogen-bond donors (Lipinski definition) is 0. The van der Waals surface area contributed by atoms with Gasteiger partial charge in [0.1, 0.15) is 5.82 Å². The van der Waals surface area contributed by atoms with E-state index in [1.807, 2.05) is 0 Å². The molecule has 2 rings (SSSR count). The first-order valence-corrected chi connectivity index (χ1v) is 5.54. The predicted octanol–water partition coefficient (Wildman–Crippen LogP) is 2.54. The molecule has 5 heteroatoms. The van der Waals surface area contributed by atoms with Crippen LogP contribution in [0.25, 0.3) is 0 Å². The summed E-state index contributed by atoms with van der Waals surface area (Å²) in [5.41, 5.74) is 0.762. The second-order valence-electron chi connectivity index (χ2n) is 3.62. The van der Waals surface area contributed by atoms with E-state index in [0.717, 1.165) is 5.56 Å². The molecule has 0 saturated carbocycles. The number of cyclic esters (lactones) is 2. The molecule has 1 fully saturated rings. The SMILES string of the molecule is O=C1CC(c2ccc(F)c(Br)c2)CC(=O)O1. The minimum absolute atomic E-state index is 0.157. The monoisotopic (exact) mass is 286 g/mol. The van der Waals surface area contributed by atoms with Gasteiger partial charge in [-0.2, -0.15) is 0 Å². The Kier molecular flexibility index (Phi) is 3.05. The molecule has 0 radical (unpaired) electrons. The van der Waals surface area contributed by atoms with E-state index in [-0.39, 0.29) is 24.6 Å². The molecular formula is C11H8BrFO3. The van der Waals surface area contributed by atoms with Gasteiger partial charge in [0.25, 0.3) is 0 Å². The van der Waals surface area contributed by atoms with Gasteiger partial charge >= 0.3 is 11.9 Å². The highest BCUT2D eigenvalue weighted by Gasteiger charge is 2.28. The quantitative estimate of drug-likeness (QED) is 0.589. The van der Waals surface area contributed by atoms with Gasteiger partial charge in [-0.05, 0) is 33.6 Å². The van der Waals surface area contributed by atoms with E-state index in [1.165, 1.54) is 6.07 Å². The Labute approximate surface area is 99.7 Å². The van der Waals surface area contributed by atoms with Crippen LogP contribution in [0.3, 0.4) is 0 Å². The molecule has 84 valence electrons. The number of carbonyl (C=O) groups is 2. The van der Waals surface area contributed by atoms with Gasteiger partial charge in [-0.3, -0.25) is 9.59 Å². The minimum atomic E-state index is -0.526. The Morgan fingerprint density at radius 1 is 1.25 bits per heavy atom. The Morgan fingerprint density at radius 3 is 2.44 bits per heavy atom. The van der Waals surface area contributed by atoms with Gasteiger partial charge in [0.05, 0.1) is 17.3 Å². The fraction of sp³-hybridized carbons (Fsp3) is 0.273. The largest absolute Gasteiger partial charge is 0.393 e. The number of esters is 2. The topological polar surface area (TPSA) is 43.4 Å². The third-order valence-electron chi connectivity index (χ3n) is 2.47. The van der Waals surface area contributed by atoms with Crippen LogP contribution in [0.5, 0.6) is 0 Å². The molecule has 0 aromatic heterocycles. The highest BCUT2D eigenvalue weighted by atomic mass is 79.9. The second-order valence-corrected chi connectivity index (χ2v) is 4.48. The number of rotatable bonds is 1. The number of benzene rings is 1. The van der Waals surface area contributed by atoms with Crippen LogP contribution in [0.1, 0.15) is 24.3 Å². The van der Waals surface area contributed by atoms with E-state index in [1.54, 1.807) is 12.1 Å². The molecule has 3 nitrogen and oxygen atoms in total. The van der Waals surface area contributed by atoms with E-state index in [9.17, 15) is 14.0 Å². The summed E-state index contributed by atoms with van der Waals surface area (Å²) in [5.74, 6) is -1.64. The Hall–Kier alpha value is -1.23. The van der Waals surface area contributed by atoms with Crippen LogP contribution >= 0.6 is 15.9 Å². The van der Waals surface area contributed by atoms with Crippen LogP contribution in [-0.4, -0.2) is 11.9 Å². The van der Waals surface area contributed by atoms with Gasteiger partial charge in [0, 0.05) is 5.92 Å². The van der Waals surface area contributed by atoms with Crippen molar-refractivity contribution in [2.75, 3.05) is 0 Å². The molecule has 1 heterocycles. The van der Waals surface area contributed by atoms with Gasteiger partial charge in [0.15, 0.2) is 0 Å². The van der Waals surface area contributed by atoms with Gasteiger partial charge in [-0.1, -0.05) is 6.07 Å². The molecule has 0 atom stereocenters. The number of carbonyl (C=O) groups excluding carboxylic acids is 2. The Morgan fingerprint density at radius 2 is 1.88 bits per heavy atom. The summed E-state index contributed by atoms with van der Waals surface area (Å²) in [4.78, 5) is 22.2.